The summed E-state index contributed by atoms with van der Waals surface area (Å²) in [6.07, 6.45) is 7.10. The molecule has 4 heteroatoms. The van der Waals surface area contributed by atoms with Crippen molar-refractivity contribution in [3.63, 3.8) is 0 Å². The fourth-order valence-corrected chi connectivity index (χ4v) is 4.21. The van der Waals surface area contributed by atoms with Crippen LogP contribution in [-0.4, -0.2) is 48.3 Å². The summed E-state index contributed by atoms with van der Waals surface area (Å²) in [6, 6.07) is 10.7. The number of likely N-dealkylation sites (tertiary alicyclic amines) is 1. The van der Waals surface area contributed by atoms with Gasteiger partial charge in [0.15, 0.2) is 0 Å². The van der Waals surface area contributed by atoms with Crippen LogP contribution in [0, 0.1) is 5.92 Å². The van der Waals surface area contributed by atoms with Crippen LogP contribution in [0.3, 0.4) is 0 Å². The van der Waals surface area contributed by atoms with Gasteiger partial charge in [0.05, 0.1) is 6.10 Å². The summed E-state index contributed by atoms with van der Waals surface area (Å²) in [5, 5.41) is 8.81. The van der Waals surface area contributed by atoms with Crippen LogP contribution < -0.4 is 0 Å². The average molecular weight is 345 g/mol. The van der Waals surface area contributed by atoms with Crippen molar-refractivity contribution in [1.29, 1.82) is 0 Å². The minimum absolute atomic E-state index is 0.184. The van der Waals surface area contributed by atoms with E-state index in [9.17, 15) is 4.79 Å². The first kappa shape index (κ1) is 18.4. The molecule has 1 heterocycles. The van der Waals surface area contributed by atoms with Crippen molar-refractivity contribution in [2.24, 2.45) is 5.92 Å². The highest BCUT2D eigenvalue weighted by Gasteiger charge is 2.31. The maximum absolute atomic E-state index is 12.8. The largest absolute Gasteiger partial charge is 0.396 e. The molecule has 1 saturated carbocycles. The predicted octanol–water partition coefficient (Wildman–Crippen LogP) is 3.35. The summed E-state index contributed by atoms with van der Waals surface area (Å²) >= 11 is 0. The Kier molecular flexibility index (Phi) is 6.88. The summed E-state index contributed by atoms with van der Waals surface area (Å²) in [4.78, 5) is 14.9. The number of carbonyl (C=O) groups is 1. The number of hydrogen-bond donors (Lipinski definition) is 1. The molecular weight excluding hydrogens is 314 g/mol. The molecule has 1 saturated heterocycles. The lowest BCUT2D eigenvalue weighted by Gasteiger charge is -2.36. The molecule has 0 bridgehead atoms. The molecule has 0 aromatic heterocycles. The Morgan fingerprint density at radius 1 is 1.04 bits per heavy atom. The lowest BCUT2D eigenvalue weighted by atomic mass is 9.78. The predicted molar refractivity (Wildman–Crippen MR) is 98.4 cm³/mol. The molecule has 2 fully saturated rings. The van der Waals surface area contributed by atoms with Crippen LogP contribution in [0.4, 0.5) is 0 Å². The van der Waals surface area contributed by atoms with E-state index >= 15 is 0 Å². The highest BCUT2D eigenvalue weighted by molar-refractivity contribution is 5.79. The number of hydrogen-bond acceptors (Lipinski definition) is 3. The molecule has 0 atom stereocenters. The van der Waals surface area contributed by atoms with E-state index in [0.717, 1.165) is 51.6 Å². The van der Waals surface area contributed by atoms with Crippen molar-refractivity contribution in [3.05, 3.63) is 35.9 Å². The molecule has 138 valence electrons. The van der Waals surface area contributed by atoms with Gasteiger partial charge in [-0.05, 0) is 56.4 Å². The van der Waals surface area contributed by atoms with Crippen molar-refractivity contribution in [3.8, 4) is 0 Å². The lowest BCUT2D eigenvalue weighted by molar-refractivity contribution is -0.139. The van der Waals surface area contributed by atoms with E-state index in [2.05, 4.69) is 35.2 Å². The van der Waals surface area contributed by atoms with Crippen LogP contribution in [0.2, 0.25) is 0 Å². The molecule has 25 heavy (non-hydrogen) atoms. The molecule has 1 aromatic rings. The van der Waals surface area contributed by atoms with Crippen LogP contribution in [-0.2, 0) is 9.53 Å². The topological polar surface area (TPSA) is 49.8 Å². The molecule has 0 spiro atoms. The Morgan fingerprint density at radius 3 is 2.36 bits per heavy atom. The first-order chi connectivity index (χ1) is 12.3. The smallest absolute Gasteiger partial charge is 0.225 e. The minimum atomic E-state index is 0.184. The fraction of sp³-hybridized carbons (Fsp3) is 0.667. The molecule has 2 aliphatic rings. The second-order valence-electron chi connectivity index (χ2n) is 7.43. The van der Waals surface area contributed by atoms with Gasteiger partial charge in [0.1, 0.15) is 0 Å². The van der Waals surface area contributed by atoms with E-state index in [4.69, 9.17) is 9.84 Å². The Balaban J connectivity index is 1.41. The van der Waals surface area contributed by atoms with Gasteiger partial charge in [-0.15, -0.1) is 0 Å². The molecule has 0 unspecified atom stereocenters. The van der Waals surface area contributed by atoms with E-state index in [-0.39, 0.29) is 18.6 Å². The maximum atomic E-state index is 12.8. The number of benzene rings is 1. The van der Waals surface area contributed by atoms with Crippen LogP contribution in [0.15, 0.2) is 30.3 Å². The van der Waals surface area contributed by atoms with Crippen molar-refractivity contribution in [1.82, 2.24) is 4.90 Å². The zero-order valence-electron chi connectivity index (χ0n) is 15.1. The minimum Gasteiger partial charge on any atom is -0.396 e. The van der Waals surface area contributed by atoms with Crippen LogP contribution in [0.1, 0.15) is 56.4 Å². The Hall–Kier alpha value is -1.39. The molecule has 0 radical (unpaired) electrons. The lowest BCUT2D eigenvalue weighted by Crippen LogP contribution is -2.44. The highest BCUT2D eigenvalue weighted by atomic mass is 16.5. The molecule has 1 N–H and O–H groups in total. The van der Waals surface area contributed by atoms with Gasteiger partial charge >= 0.3 is 0 Å². The van der Waals surface area contributed by atoms with Gasteiger partial charge in [-0.3, -0.25) is 4.79 Å². The normalized spacial score (nSPS) is 25.1. The maximum Gasteiger partial charge on any atom is 0.225 e. The number of piperidine rings is 1. The number of amides is 1. The van der Waals surface area contributed by atoms with E-state index < -0.39 is 0 Å². The number of rotatable bonds is 6. The number of aliphatic hydroxyl groups excluding tert-OH is 1. The zero-order chi connectivity index (χ0) is 17.5. The monoisotopic (exact) mass is 345 g/mol. The number of ether oxygens (including phenoxy) is 1. The van der Waals surface area contributed by atoms with Crippen molar-refractivity contribution < 1.29 is 14.6 Å². The fourth-order valence-electron chi connectivity index (χ4n) is 4.21. The third kappa shape index (κ3) is 5.05. The summed E-state index contributed by atoms with van der Waals surface area (Å²) in [5.74, 6) is 1.20. The molecule has 1 aliphatic carbocycles. The SMILES string of the molecule is O=C(C1CCC(c2ccccc2)CC1)N1CCC(OCCCO)CC1. The third-order valence-corrected chi connectivity index (χ3v) is 5.76. The van der Waals surface area contributed by atoms with Crippen molar-refractivity contribution in [2.75, 3.05) is 26.3 Å². The van der Waals surface area contributed by atoms with E-state index in [1.165, 1.54) is 5.56 Å². The Morgan fingerprint density at radius 2 is 1.72 bits per heavy atom. The molecule has 1 amide bonds. The molecule has 4 nitrogen and oxygen atoms in total. The van der Waals surface area contributed by atoms with Gasteiger partial charge in [0.25, 0.3) is 0 Å². The first-order valence-electron chi connectivity index (χ1n) is 9.84. The Bertz CT molecular complexity index is 517. The Labute approximate surface area is 151 Å². The first-order valence-corrected chi connectivity index (χ1v) is 9.84. The van der Waals surface area contributed by atoms with Gasteiger partial charge in [0, 0.05) is 32.2 Å². The van der Waals surface area contributed by atoms with E-state index in [1.807, 2.05) is 0 Å². The zero-order valence-corrected chi connectivity index (χ0v) is 15.1. The van der Waals surface area contributed by atoms with Crippen LogP contribution in [0.5, 0.6) is 0 Å². The van der Waals surface area contributed by atoms with Gasteiger partial charge in [-0.1, -0.05) is 30.3 Å². The second kappa shape index (κ2) is 9.35. The van der Waals surface area contributed by atoms with Gasteiger partial charge < -0.3 is 14.7 Å². The van der Waals surface area contributed by atoms with Crippen molar-refractivity contribution in [2.45, 2.75) is 57.0 Å². The van der Waals surface area contributed by atoms with E-state index in [1.54, 1.807) is 0 Å². The van der Waals surface area contributed by atoms with Crippen LogP contribution >= 0.6 is 0 Å². The van der Waals surface area contributed by atoms with Crippen LogP contribution in [0.25, 0.3) is 0 Å². The standard InChI is InChI=1S/C21H31NO3/c23-15-4-16-25-20-11-13-22(14-12-20)21(24)19-9-7-18(8-10-19)17-5-2-1-3-6-17/h1-3,5-6,18-20,23H,4,7-16H2. The molecular formula is C21H31NO3. The third-order valence-electron chi connectivity index (χ3n) is 5.76. The summed E-state index contributed by atoms with van der Waals surface area (Å²) in [7, 11) is 0. The van der Waals surface area contributed by atoms with Gasteiger partial charge in [0.2, 0.25) is 5.91 Å². The molecule has 3 rings (SSSR count). The second-order valence-corrected chi connectivity index (χ2v) is 7.43. The van der Waals surface area contributed by atoms with Gasteiger partial charge in [-0.25, -0.2) is 0 Å². The number of carbonyl (C=O) groups excluding carboxylic acids is 1. The molecule has 1 aliphatic heterocycles. The summed E-state index contributed by atoms with van der Waals surface area (Å²) in [6.45, 7) is 2.45. The molecule has 1 aromatic carbocycles. The number of nitrogens with zero attached hydrogens (tertiary/aromatic N) is 1. The average Bonchev–Trinajstić information content (AvgIpc) is 2.69. The summed E-state index contributed by atoms with van der Waals surface area (Å²) < 4.78 is 5.76. The number of aliphatic hydroxyl groups is 1. The quantitative estimate of drug-likeness (QED) is 0.805. The highest BCUT2D eigenvalue weighted by Crippen LogP contribution is 2.36. The van der Waals surface area contributed by atoms with E-state index in [0.29, 0.717) is 24.9 Å². The summed E-state index contributed by atoms with van der Waals surface area (Å²) in [5.41, 5.74) is 1.43. The van der Waals surface area contributed by atoms with Gasteiger partial charge in [-0.2, -0.15) is 0 Å². The van der Waals surface area contributed by atoms with Crippen molar-refractivity contribution >= 4 is 5.91 Å².